The van der Waals surface area contributed by atoms with Gasteiger partial charge in [-0.15, -0.1) is 0 Å². The summed E-state index contributed by atoms with van der Waals surface area (Å²) < 4.78 is 5.82. The third kappa shape index (κ3) is 2.41. The van der Waals surface area contributed by atoms with Gasteiger partial charge in [0, 0.05) is 30.3 Å². The molecule has 2 unspecified atom stereocenters. The standard InChI is InChI=1S/C13H17ClN2O/c14-13-4-1-10(15)5-9(13)6-16-7-11-2-3-12(8-16)17-11/h1,4-5,11-12H,2-3,6-8,15H2. The summed E-state index contributed by atoms with van der Waals surface area (Å²) in [5.41, 5.74) is 7.69. The van der Waals surface area contributed by atoms with Gasteiger partial charge in [0.05, 0.1) is 12.2 Å². The fourth-order valence-corrected chi connectivity index (χ4v) is 2.96. The molecule has 2 N–H and O–H groups in total. The quantitative estimate of drug-likeness (QED) is 0.821. The van der Waals surface area contributed by atoms with E-state index in [-0.39, 0.29) is 0 Å². The Kier molecular flexibility index (Phi) is 2.99. The lowest BCUT2D eigenvalue weighted by Gasteiger charge is -2.32. The predicted octanol–water partition coefficient (Wildman–Crippen LogP) is 2.29. The van der Waals surface area contributed by atoms with Gasteiger partial charge in [0.2, 0.25) is 0 Å². The van der Waals surface area contributed by atoms with Gasteiger partial charge in [-0.25, -0.2) is 0 Å². The highest BCUT2D eigenvalue weighted by molar-refractivity contribution is 6.31. The molecule has 0 aromatic heterocycles. The van der Waals surface area contributed by atoms with Crippen molar-refractivity contribution >= 4 is 17.3 Å². The number of nitrogen functional groups attached to an aromatic ring is 1. The first kappa shape index (κ1) is 11.3. The Morgan fingerprint density at radius 1 is 1.29 bits per heavy atom. The van der Waals surface area contributed by atoms with Gasteiger partial charge in [0.25, 0.3) is 0 Å². The molecule has 1 aromatic carbocycles. The minimum atomic E-state index is 0.425. The Bertz CT molecular complexity index is 412. The van der Waals surface area contributed by atoms with Gasteiger partial charge in [-0.3, -0.25) is 4.90 Å². The molecular weight excluding hydrogens is 236 g/mol. The third-order valence-corrected chi connectivity index (χ3v) is 3.95. The smallest absolute Gasteiger partial charge is 0.0707 e. The van der Waals surface area contributed by atoms with E-state index in [1.807, 2.05) is 18.2 Å². The van der Waals surface area contributed by atoms with Gasteiger partial charge in [0.15, 0.2) is 0 Å². The molecule has 1 aromatic rings. The van der Waals surface area contributed by atoms with E-state index in [1.54, 1.807) is 0 Å². The highest BCUT2D eigenvalue weighted by atomic mass is 35.5. The highest BCUT2D eigenvalue weighted by Crippen LogP contribution is 2.28. The number of halogens is 1. The molecule has 0 saturated carbocycles. The monoisotopic (exact) mass is 252 g/mol. The van der Waals surface area contributed by atoms with E-state index in [0.29, 0.717) is 12.2 Å². The molecule has 2 aliphatic heterocycles. The van der Waals surface area contributed by atoms with Crippen LogP contribution in [0.15, 0.2) is 18.2 Å². The zero-order chi connectivity index (χ0) is 11.8. The number of morpholine rings is 1. The zero-order valence-corrected chi connectivity index (χ0v) is 10.5. The van der Waals surface area contributed by atoms with Crippen molar-refractivity contribution < 1.29 is 4.74 Å². The maximum absolute atomic E-state index is 6.19. The lowest BCUT2D eigenvalue weighted by Crippen LogP contribution is -2.42. The van der Waals surface area contributed by atoms with Gasteiger partial charge < -0.3 is 10.5 Å². The first-order valence-electron chi connectivity index (χ1n) is 6.12. The van der Waals surface area contributed by atoms with E-state index in [1.165, 1.54) is 12.8 Å². The van der Waals surface area contributed by atoms with Gasteiger partial charge in [-0.05, 0) is 36.6 Å². The van der Waals surface area contributed by atoms with Crippen LogP contribution in [0.2, 0.25) is 5.02 Å². The number of hydrogen-bond donors (Lipinski definition) is 1. The molecule has 2 bridgehead atoms. The zero-order valence-electron chi connectivity index (χ0n) is 9.73. The normalized spacial score (nSPS) is 28.5. The van der Waals surface area contributed by atoms with Crippen molar-refractivity contribution in [2.24, 2.45) is 0 Å². The molecule has 2 aliphatic rings. The number of likely N-dealkylation sites (tertiary alicyclic amines) is 1. The van der Waals surface area contributed by atoms with Crippen LogP contribution in [0, 0.1) is 0 Å². The fourth-order valence-electron chi connectivity index (χ4n) is 2.79. The largest absolute Gasteiger partial charge is 0.399 e. The molecule has 0 spiro atoms. The lowest BCUT2D eigenvalue weighted by atomic mass is 10.1. The number of nitrogens with two attached hydrogens (primary N) is 1. The highest BCUT2D eigenvalue weighted by Gasteiger charge is 2.33. The molecule has 3 nitrogen and oxygen atoms in total. The van der Waals surface area contributed by atoms with E-state index >= 15 is 0 Å². The molecule has 3 rings (SSSR count). The second-order valence-electron chi connectivity index (χ2n) is 5.00. The van der Waals surface area contributed by atoms with Gasteiger partial charge in [0.1, 0.15) is 0 Å². The molecule has 0 radical (unpaired) electrons. The molecule has 0 amide bonds. The minimum Gasteiger partial charge on any atom is -0.399 e. The molecule has 2 saturated heterocycles. The van der Waals surface area contributed by atoms with Crippen LogP contribution in [0.25, 0.3) is 0 Å². The van der Waals surface area contributed by atoms with E-state index in [4.69, 9.17) is 22.1 Å². The van der Waals surface area contributed by atoms with Gasteiger partial charge >= 0.3 is 0 Å². The fraction of sp³-hybridized carbons (Fsp3) is 0.538. The maximum Gasteiger partial charge on any atom is 0.0707 e. The van der Waals surface area contributed by atoms with Crippen molar-refractivity contribution in [2.75, 3.05) is 18.8 Å². The van der Waals surface area contributed by atoms with Crippen LogP contribution < -0.4 is 5.73 Å². The van der Waals surface area contributed by atoms with E-state index in [9.17, 15) is 0 Å². The number of rotatable bonds is 2. The number of nitrogens with zero attached hydrogens (tertiary/aromatic N) is 1. The number of hydrogen-bond acceptors (Lipinski definition) is 3. The maximum atomic E-state index is 6.19. The molecule has 0 aliphatic carbocycles. The summed E-state index contributed by atoms with van der Waals surface area (Å²) in [6, 6.07) is 5.69. The minimum absolute atomic E-state index is 0.425. The summed E-state index contributed by atoms with van der Waals surface area (Å²) in [7, 11) is 0. The van der Waals surface area contributed by atoms with E-state index in [2.05, 4.69) is 4.90 Å². The Labute approximate surface area is 106 Å². The van der Waals surface area contributed by atoms with Crippen LogP contribution in [-0.2, 0) is 11.3 Å². The van der Waals surface area contributed by atoms with Gasteiger partial charge in [-0.1, -0.05) is 11.6 Å². The van der Waals surface area contributed by atoms with Crippen molar-refractivity contribution in [3.63, 3.8) is 0 Å². The van der Waals surface area contributed by atoms with Crippen molar-refractivity contribution in [3.05, 3.63) is 28.8 Å². The summed E-state index contributed by atoms with van der Waals surface area (Å²) in [5, 5.41) is 0.804. The summed E-state index contributed by atoms with van der Waals surface area (Å²) in [5.74, 6) is 0. The van der Waals surface area contributed by atoms with Crippen molar-refractivity contribution in [2.45, 2.75) is 31.6 Å². The summed E-state index contributed by atoms with van der Waals surface area (Å²) in [6.07, 6.45) is 3.25. The van der Waals surface area contributed by atoms with Crippen LogP contribution in [0.4, 0.5) is 5.69 Å². The molecule has 2 heterocycles. The second-order valence-corrected chi connectivity index (χ2v) is 5.41. The summed E-state index contributed by atoms with van der Waals surface area (Å²) in [6.45, 7) is 2.91. The molecule has 4 heteroatoms. The molecular formula is C13H17ClN2O. The number of anilines is 1. The average molecular weight is 253 g/mol. The molecule has 2 fully saturated rings. The van der Waals surface area contributed by atoms with Crippen LogP contribution >= 0.6 is 11.6 Å². The second kappa shape index (κ2) is 4.48. The number of benzene rings is 1. The van der Waals surface area contributed by atoms with Crippen molar-refractivity contribution in [1.82, 2.24) is 4.90 Å². The number of fused-ring (bicyclic) bond motifs is 2. The summed E-state index contributed by atoms with van der Waals surface area (Å²) in [4.78, 5) is 2.42. The Balaban J connectivity index is 1.72. The molecule has 17 heavy (non-hydrogen) atoms. The lowest BCUT2D eigenvalue weighted by molar-refractivity contribution is -0.0410. The Morgan fingerprint density at radius 2 is 2.00 bits per heavy atom. The van der Waals surface area contributed by atoms with Crippen molar-refractivity contribution in [1.29, 1.82) is 0 Å². The Hall–Kier alpha value is -0.770. The summed E-state index contributed by atoms with van der Waals surface area (Å²) >= 11 is 6.19. The van der Waals surface area contributed by atoms with Crippen LogP contribution in [0.3, 0.4) is 0 Å². The van der Waals surface area contributed by atoms with Gasteiger partial charge in [-0.2, -0.15) is 0 Å². The average Bonchev–Trinajstić information content (AvgIpc) is 2.63. The molecule has 2 atom stereocenters. The van der Waals surface area contributed by atoms with Crippen molar-refractivity contribution in [3.8, 4) is 0 Å². The van der Waals surface area contributed by atoms with Crippen LogP contribution in [0.5, 0.6) is 0 Å². The number of ether oxygens (including phenoxy) is 1. The first-order valence-corrected chi connectivity index (χ1v) is 6.50. The SMILES string of the molecule is Nc1ccc(Cl)c(CN2CC3CCC(C2)O3)c1. The van der Waals surface area contributed by atoms with Crippen LogP contribution in [-0.4, -0.2) is 30.2 Å². The third-order valence-electron chi connectivity index (χ3n) is 3.58. The van der Waals surface area contributed by atoms with E-state index in [0.717, 1.165) is 35.9 Å². The van der Waals surface area contributed by atoms with E-state index < -0.39 is 0 Å². The Morgan fingerprint density at radius 3 is 2.71 bits per heavy atom. The molecule has 92 valence electrons. The van der Waals surface area contributed by atoms with Crippen LogP contribution in [0.1, 0.15) is 18.4 Å². The predicted molar refractivity (Wildman–Crippen MR) is 69.0 cm³/mol. The first-order chi connectivity index (χ1) is 8.20. The topological polar surface area (TPSA) is 38.5 Å².